The van der Waals surface area contributed by atoms with Gasteiger partial charge in [0.25, 0.3) is 17.7 Å². The summed E-state index contributed by atoms with van der Waals surface area (Å²) in [6, 6.07) is 33.2. The van der Waals surface area contributed by atoms with Crippen LogP contribution in [0, 0.1) is 42.0 Å². The van der Waals surface area contributed by atoms with Crippen LogP contribution in [0.15, 0.2) is 129 Å². The number of phenolic OH excluding ortho intramolecular Hbond substituents is 1. The van der Waals surface area contributed by atoms with Crippen molar-refractivity contribution in [3.8, 4) is 35.9 Å². The van der Waals surface area contributed by atoms with Crippen molar-refractivity contribution in [1.29, 1.82) is 10.5 Å². The Morgan fingerprint density at radius 2 is 0.914 bits per heavy atom. The topological polar surface area (TPSA) is 319 Å². The van der Waals surface area contributed by atoms with Crippen LogP contribution in [0.25, 0.3) is 26.4 Å². The van der Waals surface area contributed by atoms with Gasteiger partial charge in [-0.3, -0.25) is 28.8 Å². The molecule has 12 heterocycles. The van der Waals surface area contributed by atoms with Crippen LogP contribution in [0.4, 0.5) is 21.8 Å². The van der Waals surface area contributed by atoms with Crippen LogP contribution in [0.1, 0.15) is 146 Å². The van der Waals surface area contributed by atoms with E-state index in [0.717, 1.165) is 138 Å². The van der Waals surface area contributed by atoms with Crippen LogP contribution in [-0.4, -0.2) is 277 Å². The highest BCUT2D eigenvalue weighted by Gasteiger charge is 2.43. The van der Waals surface area contributed by atoms with E-state index in [4.69, 9.17) is 45.7 Å². The monoisotopic (exact) mass is 1730 g/mol. The predicted octanol–water partition coefficient (Wildman–Crippen LogP) is 10.0. The summed E-state index contributed by atoms with van der Waals surface area (Å²) >= 11 is 0. The van der Waals surface area contributed by atoms with Gasteiger partial charge in [-0.1, -0.05) is 92.5 Å². The molecule has 10 aliphatic rings. The van der Waals surface area contributed by atoms with E-state index in [1.54, 1.807) is 14.7 Å². The number of phenols is 1. The van der Waals surface area contributed by atoms with Gasteiger partial charge in [0.05, 0.1) is 99.0 Å². The third-order valence-electron chi connectivity index (χ3n) is 26.7. The average Bonchev–Trinajstić information content (AvgIpc) is 1.61. The highest BCUT2D eigenvalue weighted by atomic mass is 19.1. The number of nitriles is 2. The molecule has 6 saturated heterocycles. The number of fused-ring (bicyclic) bond motifs is 5. The number of likely N-dealkylation sites (tertiary alicyclic amines) is 3. The highest BCUT2D eigenvalue weighted by Crippen LogP contribution is 2.46. The maximum atomic E-state index is 14.5. The van der Waals surface area contributed by atoms with Gasteiger partial charge in [0.2, 0.25) is 24.3 Å². The number of aromatic nitrogens is 6. The van der Waals surface area contributed by atoms with E-state index in [0.29, 0.717) is 163 Å². The van der Waals surface area contributed by atoms with Crippen molar-refractivity contribution in [2.24, 2.45) is 0 Å². The average molecular weight is 1740 g/mol. The summed E-state index contributed by atoms with van der Waals surface area (Å²) < 4.78 is 33.0. The van der Waals surface area contributed by atoms with Crippen LogP contribution in [0.5, 0.6) is 23.8 Å². The number of anilines is 3. The Kier molecular flexibility index (Phi) is 26.8. The van der Waals surface area contributed by atoms with E-state index in [1.807, 2.05) is 70.2 Å². The van der Waals surface area contributed by atoms with Gasteiger partial charge >= 0.3 is 18.0 Å². The van der Waals surface area contributed by atoms with Gasteiger partial charge in [-0.05, 0) is 174 Å². The third kappa shape index (κ3) is 18.7. The summed E-state index contributed by atoms with van der Waals surface area (Å²) in [4.78, 5) is 135. The Morgan fingerprint density at radius 3 is 1.34 bits per heavy atom. The number of benzene rings is 5. The number of amides is 6. The minimum absolute atomic E-state index is 0.0172. The molecule has 664 valence electrons. The number of likely N-dealkylation sites (N-methyl/N-ethyl adjacent to an activating group) is 3. The normalized spacial score (nSPS) is 20.9. The Morgan fingerprint density at radius 1 is 0.492 bits per heavy atom. The molecule has 0 unspecified atom stereocenters. The predicted molar refractivity (Wildman–Crippen MR) is 479 cm³/mol. The van der Waals surface area contributed by atoms with Crippen LogP contribution < -0.4 is 28.9 Å². The van der Waals surface area contributed by atoms with Crippen LogP contribution in [-0.2, 0) is 53.7 Å². The molecule has 32 heteroatoms. The number of carbonyl (C=O) groups excluding carboxylic acids is 6. The first-order valence-electron chi connectivity index (χ1n) is 44.3. The molecule has 0 spiro atoms. The molecule has 1 aliphatic carbocycles. The number of aryl methyl sites for hydroxylation is 1. The number of halogens is 1. The van der Waals surface area contributed by atoms with E-state index in [2.05, 4.69) is 112 Å². The number of hydrogen-bond donors (Lipinski definition) is 1. The largest absolute Gasteiger partial charge is 0.507 e. The fourth-order valence-corrected chi connectivity index (χ4v) is 19.5. The Labute approximate surface area is 744 Å². The number of aromatic hydroxyl groups is 1. The number of hydrogen-bond acceptors (Lipinski definition) is 24. The summed E-state index contributed by atoms with van der Waals surface area (Å²) in [6.07, 6.45) is 13.1. The van der Waals surface area contributed by atoms with Crippen molar-refractivity contribution >= 4 is 74.4 Å². The minimum atomic E-state index is -0.804. The number of nitrogens with zero attached hydrogens (tertiary/aromatic N) is 21. The Balaban J connectivity index is 0.000000141. The fourth-order valence-electron chi connectivity index (χ4n) is 19.5. The summed E-state index contributed by atoms with van der Waals surface area (Å²) in [5, 5.41) is 33.4. The maximum Gasteiger partial charge on any atom is 0.318 e. The number of ether oxygens (including phenoxy) is 3. The molecule has 31 nitrogen and oxygen atoms in total. The van der Waals surface area contributed by atoms with Crippen molar-refractivity contribution in [2.45, 2.75) is 153 Å². The van der Waals surface area contributed by atoms with Gasteiger partial charge in [0.15, 0.2) is 0 Å². The molecule has 7 fully saturated rings. The first kappa shape index (κ1) is 88.2. The maximum absolute atomic E-state index is 14.5. The lowest BCUT2D eigenvalue weighted by Gasteiger charge is -2.41. The third-order valence-corrected chi connectivity index (χ3v) is 26.7. The summed E-state index contributed by atoms with van der Waals surface area (Å²) in [5.41, 5.74) is 7.84. The van der Waals surface area contributed by atoms with Gasteiger partial charge in [-0.2, -0.15) is 40.4 Å². The molecule has 0 bridgehead atoms. The quantitative estimate of drug-likeness (QED) is 0.0487. The Bertz CT molecular complexity index is 5750. The summed E-state index contributed by atoms with van der Waals surface area (Å²) in [7, 11) is 6.27. The zero-order valence-corrected chi connectivity index (χ0v) is 73.1. The fraction of sp³-hybridized carbons (Fsp3) is 0.448. The number of rotatable bonds is 22. The number of piperazine rings is 3. The van der Waals surface area contributed by atoms with E-state index < -0.39 is 17.5 Å². The first-order valence-corrected chi connectivity index (χ1v) is 44.3. The molecule has 1 saturated carbocycles. The molecule has 6 amide bonds. The van der Waals surface area contributed by atoms with Crippen LogP contribution >= 0.6 is 0 Å². The smallest absolute Gasteiger partial charge is 0.318 e. The zero-order valence-electron chi connectivity index (χ0n) is 73.1. The van der Waals surface area contributed by atoms with E-state index in [1.165, 1.54) is 40.8 Å². The molecule has 1 N–H and O–H groups in total. The molecule has 3 aromatic heterocycles. The molecule has 18 rings (SSSR count). The molecular weight excluding hydrogens is 1630 g/mol. The van der Waals surface area contributed by atoms with Crippen LogP contribution in [0.2, 0.25) is 0 Å². The second-order valence-electron chi connectivity index (χ2n) is 34.7. The van der Waals surface area contributed by atoms with E-state index in [-0.39, 0.29) is 97.8 Å². The zero-order chi connectivity index (χ0) is 89.6. The lowest BCUT2D eigenvalue weighted by Crippen LogP contribution is -2.56. The van der Waals surface area contributed by atoms with E-state index in [9.17, 15) is 48.8 Å². The second kappa shape index (κ2) is 38.9. The molecular formula is C96H108FN21O10. The van der Waals surface area contributed by atoms with Gasteiger partial charge < -0.3 is 83.0 Å². The van der Waals surface area contributed by atoms with E-state index >= 15 is 0 Å². The number of carbonyl (C=O) groups is 6. The lowest BCUT2D eigenvalue weighted by molar-refractivity contribution is -0.129. The SMILES string of the molecule is C=CC(=O)N1CCN(c2nc(OC[C@@H]3CCCN3C)nc3c2CN(C(=O)c2c(C)ccc4ccccc24)C3)C[C@@H]1CC#N.C=CC(=O)N1CCN(c2nc(OC[C@@H]3CCCN3C)nc3c2CN(C(=O)c2cccc4cccc(C5CC5)c24)C3)C[C@@H]1CC#N.[C-]#[N+]C[C@H]1CN(c2nc(OC[C@@H]3CCCN3C)nc3c2CN(C(=O)c2c(O)cccc2F)C3)CCN1C(=O)C=C. The lowest BCUT2D eigenvalue weighted by atomic mass is 9.96. The molecule has 5 aromatic carbocycles. The van der Waals surface area contributed by atoms with Crippen molar-refractivity contribution in [3.63, 3.8) is 0 Å². The highest BCUT2D eigenvalue weighted by molar-refractivity contribution is 6.10. The van der Waals surface area contributed by atoms with Crippen molar-refractivity contribution in [2.75, 3.05) is 141 Å². The van der Waals surface area contributed by atoms with Gasteiger partial charge in [0.1, 0.15) is 60.4 Å². The van der Waals surface area contributed by atoms with Crippen molar-refractivity contribution in [3.05, 3.63) is 208 Å². The summed E-state index contributed by atoms with van der Waals surface area (Å²) in [5.74, 6) is -0.0268. The van der Waals surface area contributed by atoms with Crippen molar-refractivity contribution < 1.29 is 52.5 Å². The molecule has 6 atom stereocenters. The Hall–Kier alpha value is -13.2. The van der Waals surface area contributed by atoms with Crippen LogP contribution in [0.3, 0.4) is 0 Å². The van der Waals surface area contributed by atoms with Gasteiger partial charge in [-0.15, -0.1) is 0 Å². The minimum Gasteiger partial charge on any atom is -0.507 e. The molecule has 128 heavy (non-hydrogen) atoms. The standard InChI is InChI=1S/C35H39N7O3.C33H37N7O3.C28H32FN7O4/c1-3-31(43)42-18-17-40(19-25(42)14-15-36)33-29-20-41(21-30(29)37-35(38-33)45-22-26-9-6-16-39(26)2)34(44)28-11-5-8-24-7-4-10-27(32(24)28)23-12-13-23;1-4-29(41)40-17-16-38(18-24(40)13-14-34)31-27-19-39(32(42)30-22(2)11-12-23-8-5-6-10-26(23)30)20-28(27)35-33(36-31)43-21-25-9-7-15-37(25)3;1-4-24(38)36-12-11-34(14-19(36)13-30-2)26-20-15-35(27(39)25-21(29)8-5-9-23(25)37)16-22(20)31-28(32-26)40-17-18-7-6-10-33(18)3/h3-5,7-8,10-11,23,25-26H,1,6,9,12-14,16-22H2,2H3;4-6,8,10-12,24-25H,1,7,9,13,15-21H2,2-3H3;4-5,8-9,18-19,37H,1,6-7,10-17H2,3H3/t25-,26-;24-,25-;18-,19-/m000/s1. The van der Waals surface area contributed by atoms with Crippen molar-refractivity contribution in [1.82, 2.24) is 74.0 Å². The molecule has 9 aliphatic heterocycles. The summed E-state index contributed by atoms with van der Waals surface area (Å²) in [6.45, 7) is 30.6. The molecule has 0 radical (unpaired) electrons. The molecule has 8 aromatic rings. The first-order chi connectivity index (χ1) is 62.1. The van der Waals surface area contributed by atoms with Gasteiger partial charge in [0, 0.05) is 99.3 Å². The van der Waals surface area contributed by atoms with Gasteiger partial charge in [-0.25, -0.2) is 11.0 Å². The second-order valence-corrected chi connectivity index (χ2v) is 34.7.